The van der Waals surface area contributed by atoms with E-state index in [4.69, 9.17) is 0 Å². The summed E-state index contributed by atoms with van der Waals surface area (Å²) < 4.78 is 37.8. The lowest BCUT2D eigenvalue weighted by molar-refractivity contribution is -0.125. The molecule has 0 saturated heterocycles. The van der Waals surface area contributed by atoms with Crippen LogP contribution in [0, 0.1) is 0 Å². The molecule has 1 aromatic carbocycles. The lowest BCUT2D eigenvalue weighted by Crippen LogP contribution is -2.37. The van der Waals surface area contributed by atoms with E-state index >= 15 is 0 Å². The zero-order valence-corrected chi connectivity index (χ0v) is 17.1. The van der Waals surface area contributed by atoms with Crippen LogP contribution in [-0.4, -0.2) is 35.6 Å². The number of benzene rings is 1. The van der Waals surface area contributed by atoms with Crippen LogP contribution in [0.1, 0.15) is 19.4 Å². The van der Waals surface area contributed by atoms with Crippen molar-refractivity contribution in [2.24, 2.45) is 0 Å². The highest BCUT2D eigenvalue weighted by Gasteiger charge is 2.29. The Labute approximate surface area is 176 Å². The van der Waals surface area contributed by atoms with Gasteiger partial charge in [-0.05, 0) is 49.1 Å². The number of amides is 1. The van der Waals surface area contributed by atoms with Gasteiger partial charge in [0.1, 0.15) is 18.2 Å². The van der Waals surface area contributed by atoms with Crippen LogP contribution in [0.5, 0.6) is 0 Å². The molecule has 0 fully saturated rings. The normalized spacial score (nSPS) is 11.9. The predicted molar refractivity (Wildman–Crippen MR) is 114 cm³/mol. The van der Waals surface area contributed by atoms with Crippen LogP contribution in [-0.2, 0) is 10.2 Å². The number of pyridine rings is 2. The third-order valence-electron chi connectivity index (χ3n) is 4.89. The smallest absolute Gasteiger partial charge is 0.361 e. The van der Waals surface area contributed by atoms with Crippen molar-refractivity contribution in [3.05, 3.63) is 58.5 Å². The quantitative estimate of drug-likeness (QED) is 0.476. The number of fused-ring (bicyclic) bond motifs is 1. The minimum absolute atomic E-state index is 0.0182. The number of hydrogen-bond acceptors (Lipinski definition) is 5. The van der Waals surface area contributed by atoms with Crippen molar-refractivity contribution in [2.75, 3.05) is 24.2 Å². The molecular formula is C21H22F3N5O2. The maximum absolute atomic E-state index is 12.6. The van der Waals surface area contributed by atoms with Gasteiger partial charge in [0, 0.05) is 18.9 Å². The third-order valence-corrected chi connectivity index (χ3v) is 4.89. The van der Waals surface area contributed by atoms with E-state index in [9.17, 15) is 22.8 Å². The number of likely N-dealkylation sites (N-methyl/N-ethyl adjacent to an activating group) is 1. The fourth-order valence-electron chi connectivity index (χ4n) is 3.14. The SMILES string of the molecule is CNC(=O)C(C)(C)c1ccc(Nc2nc(NCC(F)(F)F)cc3cc[nH]c(=O)c23)cc1. The van der Waals surface area contributed by atoms with Crippen LogP contribution < -0.4 is 21.5 Å². The van der Waals surface area contributed by atoms with Gasteiger partial charge in [0.25, 0.3) is 5.56 Å². The van der Waals surface area contributed by atoms with Crippen molar-refractivity contribution >= 4 is 34.0 Å². The summed E-state index contributed by atoms with van der Waals surface area (Å²) in [7, 11) is 1.56. The summed E-state index contributed by atoms with van der Waals surface area (Å²) in [4.78, 5) is 31.1. The molecular weight excluding hydrogens is 411 g/mol. The summed E-state index contributed by atoms with van der Waals surface area (Å²) in [6, 6.07) is 9.90. The molecule has 0 aliphatic heterocycles. The molecule has 4 N–H and O–H groups in total. The molecule has 2 heterocycles. The first-order chi connectivity index (χ1) is 14.5. The monoisotopic (exact) mass is 433 g/mol. The first-order valence-corrected chi connectivity index (χ1v) is 9.44. The molecule has 0 atom stereocenters. The number of H-pyrrole nitrogens is 1. The Bertz CT molecular complexity index is 1150. The van der Waals surface area contributed by atoms with Gasteiger partial charge in [-0.3, -0.25) is 9.59 Å². The predicted octanol–water partition coefficient (Wildman–Crippen LogP) is 3.66. The number of nitrogens with one attached hydrogen (secondary N) is 4. The summed E-state index contributed by atoms with van der Waals surface area (Å²) >= 11 is 0. The number of alkyl halides is 3. The Kier molecular flexibility index (Phi) is 5.92. The molecule has 31 heavy (non-hydrogen) atoms. The molecule has 0 spiro atoms. The fourth-order valence-corrected chi connectivity index (χ4v) is 3.14. The molecule has 1 amide bonds. The van der Waals surface area contributed by atoms with Gasteiger partial charge in [-0.25, -0.2) is 4.98 Å². The number of aromatic amines is 1. The van der Waals surface area contributed by atoms with Crippen LogP contribution in [0.2, 0.25) is 0 Å². The van der Waals surface area contributed by atoms with Gasteiger partial charge in [-0.15, -0.1) is 0 Å². The second-order valence-corrected chi connectivity index (χ2v) is 7.50. The number of carbonyl (C=O) groups is 1. The van der Waals surface area contributed by atoms with Gasteiger partial charge >= 0.3 is 6.18 Å². The highest BCUT2D eigenvalue weighted by Crippen LogP contribution is 2.28. The topological polar surface area (TPSA) is 98.9 Å². The van der Waals surface area contributed by atoms with E-state index in [0.29, 0.717) is 11.1 Å². The van der Waals surface area contributed by atoms with Gasteiger partial charge in [-0.2, -0.15) is 13.2 Å². The van der Waals surface area contributed by atoms with Crippen LogP contribution in [0.15, 0.2) is 47.4 Å². The van der Waals surface area contributed by atoms with Crippen molar-refractivity contribution in [3.8, 4) is 0 Å². The number of rotatable bonds is 6. The Morgan fingerprint density at radius 2 is 1.81 bits per heavy atom. The summed E-state index contributed by atoms with van der Waals surface area (Å²) in [6.07, 6.45) is -3.00. The van der Waals surface area contributed by atoms with E-state index in [2.05, 4.69) is 25.9 Å². The van der Waals surface area contributed by atoms with Crippen molar-refractivity contribution < 1.29 is 18.0 Å². The Hall–Kier alpha value is -3.56. The highest BCUT2D eigenvalue weighted by molar-refractivity contribution is 5.94. The lowest BCUT2D eigenvalue weighted by Gasteiger charge is -2.23. The van der Waals surface area contributed by atoms with E-state index in [-0.39, 0.29) is 22.9 Å². The molecule has 0 aliphatic carbocycles. The largest absolute Gasteiger partial charge is 0.405 e. The second kappa shape index (κ2) is 8.29. The van der Waals surface area contributed by atoms with Crippen molar-refractivity contribution in [1.82, 2.24) is 15.3 Å². The summed E-state index contributed by atoms with van der Waals surface area (Å²) in [5, 5.41) is 8.51. The number of hydrogen-bond donors (Lipinski definition) is 4. The molecule has 2 aromatic heterocycles. The van der Waals surface area contributed by atoms with Crippen LogP contribution >= 0.6 is 0 Å². The number of anilines is 3. The number of aromatic nitrogens is 2. The lowest BCUT2D eigenvalue weighted by atomic mass is 9.83. The standard InChI is InChI=1S/C21H22F3N5O2/c1-20(2,19(31)25-3)13-4-6-14(7-5-13)28-17-16-12(8-9-26-18(16)30)10-15(29-17)27-11-21(22,23)24/h4-10H,11H2,1-3H3,(H,25,31)(H,26,30)(H2,27,28,29). The Morgan fingerprint density at radius 1 is 1.13 bits per heavy atom. The van der Waals surface area contributed by atoms with E-state index in [1.54, 1.807) is 51.2 Å². The van der Waals surface area contributed by atoms with Crippen molar-refractivity contribution in [2.45, 2.75) is 25.4 Å². The Balaban J connectivity index is 1.96. The van der Waals surface area contributed by atoms with E-state index < -0.39 is 23.7 Å². The van der Waals surface area contributed by atoms with Crippen molar-refractivity contribution in [3.63, 3.8) is 0 Å². The first kappa shape index (κ1) is 22.1. The fraction of sp³-hybridized carbons (Fsp3) is 0.286. The van der Waals surface area contributed by atoms with E-state index in [1.807, 2.05) is 0 Å². The highest BCUT2D eigenvalue weighted by atomic mass is 19.4. The molecule has 7 nitrogen and oxygen atoms in total. The molecule has 0 radical (unpaired) electrons. The zero-order chi connectivity index (χ0) is 22.8. The maximum Gasteiger partial charge on any atom is 0.405 e. The molecule has 3 aromatic rings. The maximum atomic E-state index is 12.6. The van der Waals surface area contributed by atoms with E-state index in [0.717, 1.165) is 5.56 Å². The van der Waals surface area contributed by atoms with Crippen molar-refractivity contribution in [1.29, 1.82) is 0 Å². The number of carbonyl (C=O) groups excluding carboxylic acids is 1. The van der Waals surface area contributed by atoms with Gasteiger partial charge in [-0.1, -0.05) is 12.1 Å². The molecule has 0 saturated carbocycles. The summed E-state index contributed by atoms with van der Waals surface area (Å²) in [5.41, 5.74) is 0.152. The average molecular weight is 433 g/mol. The van der Waals surface area contributed by atoms with Crippen LogP contribution in [0.3, 0.4) is 0 Å². The van der Waals surface area contributed by atoms with Gasteiger partial charge < -0.3 is 20.9 Å². The van der Waals surface area contributed by atoms with Gasteiger partial charge in [0.2, 0.25) is 5.91 Å². The average Bonchev–Trinajstić information content (AvgIpc) is 2.71. The summed E-state index contributed by atoms with van der Waals surface area (Å²) in [5.74, 6) is -0.0477. The van der Waals surface area contributed by atoms with Crippen LogP contribution in [0.25, 0.3) is 10.8 Å². The minimum atomic E-state index is -4.41. The molecule has 164 valence electrons. The van der Waals surface area contributed by atoms with E-state index in [1.165, 1.54) is 12.3 Å². The van der Waals surface area contributed by atoms with Crippen LogP contribution in [0.4, 0.5) is 30.5 Å². The van der Waals surface area contributed by atoms with Gasteiger partial charge in [0.15, 0.2) is 0 Å². The first-order valence-electron chi connectivity index (χ1n) is 9.44. The second-order valence-electron chi connectivity index (χ2n) is 7.50. The Morgan fingerprint density at radius 3 is 2.42 bits per heavy atom. The number of nitrogens with zero attached hydrogens (tertiary/aromatic N) is 1. The molecule has 10 heteroatoms. The summed E-state index contributed by atoms with van der Waals surface area (Å²) in [6.45, 7) is 2.33. The third kappa shape index (κ3) is 4.96. The molecule has 3 rings (SSSR count). The number of halogens is 3. The zero-order valence-electron chi connectivity index (χ0n) is 17.1. The molecule has 0 unspecified atom stereocenters. The minimum Gasteiger partial charge on any atom is -0.361 e. The molecule has 0 bridgehead atoms. The van der Waals surface area contributed by atoms with Gasteiger partial charge in [0.05, 0.1) is 10.8 Å². The molecule has 0 aliphatic rings.